The van der Waals surface area contributed by atoms with Gasteiger partial charge in [0.15, 0.2) is 0 Å². The summed E-state index contributed by atoms with van der Waals surface area (Å²) in [5, 5.41) is 0. The fraction of sp³-hybridized carbons (Fsp3) is 0.455. The van der Waals surface area contributed by atoms with E-state index in [-0.39, 0.29) is 5.56 Å². The number of aromatic nitrogens is 4. The van der Waals surface area contributed by atoms with E-state index in [0.29, 0.717) is 12.5 Å². The van der Waals surface area contributed by atoms with Gasteiger partial charge in [0.1, 0.15) is 0 Å². The Morgan fingerprint density at radius 1 is 1.17 bits per heavy atom. The smallest absolute Gasteiger partial charge is 0.255 e. The topological polar surface area (TPSA) is 78.0 Å². The first kappa shape index (κ1) is 18.2. The number of benzene rings is 1. The van der Waals surface area contributed by atoms with Gasteiger partial charge < -0.3 is 4.90 Å². The van der Waals surface area contributed by atoms with Crippen LogP contribution in [0.3, 0.4) is 0 Å². The summed E-state index contributed by atoms with van der Waals surface area (Å²) in [5.74, 6) is 1.38. The molecule has 1 saturated heterocycles. The maximum atomic E-state index is 12.7. The molecule has 1 N–H and O–H groups in total. The fourth-order valence-corrected chi connectivity index (χ4v) is 4.51. The number of piperidine rings is 1. The van der Waals surface area contributed by atoms with Crippen LogP contribution in [-0.4, -0.2) is 44.5 Å². The molecule has 2 aromatic heterocycles. The zero-order chi connectivity index (χ0) is 19.8. The number of anilines is 1. The molecular weight excluding hydrogens is 364 g/mol. The minimum atomic E-state index is 0.0313. The molecule has 2 aliphatic heterocycles. The molecule has 2 aliphatic rings. The van der Waals surface area contributed by atoms with Gasteiger partial charge in [-0.05, 0) is 42.9 Å². The van der Waals surface area contributed by atoms with Gasteiger partial charge in [-0.15, -0.1) is 0 Å². The van der Waals surface area contributed by atoms with E-state index in [0.717, 1.165) is 67.3 Å². The van der Waals surface area contributed by atoms with E-state index in [2.05, 4.69) is 43.8 Å². The number of rotatable bonds is 3. The molecule has 150 valence electrons. The van der Waals surface area contributed by atoms with E-state index in [1.807, 2.05) is 6.07 Å². The van der Waals surface area contributed by atoms with Gasteiger partial charge in [0.2, 0.25) is 5.95 Å². The molecule has 0 amide bonds. The third-order valence-electron chi connectivity index (χ3n) is 6.04. The van der Waals surface area contributed by atoms with Gasteiger partial charge in [0, 0.05) is 50.7 Å². The zero-order valence-electron chi connectivity index (χ0n) is 16.8. The van der Waals surface area contributed by atoms with E-state index in [1.54, 1.807) is 12.4 Å². The van der Waals surface area contributed by atoms with Crippen molar-refractivity contribution in [2.45, 2.75) is 39.3 Å². The predicted octanol–water partition coefficient (Wildman–Crippen LogP) is 2.51. The average Bonchev–Trinajstić information content (AvgIpc) is 2.73. The van der Waals surface area contributed by atoms with Crippen molar-refractivity contribution < 1.29 is 0 Å². The Hall–Kier alpha value is -2.80. The van der Waals surface area contributed by atoms with E-state index >= 15 is 0 Å². The first-order valence-electron chi connectivity index (χ1n) is 10.4. The van der Waals surface area contributed by atoms with Crippen molar-refractivity contribution in [3.05, 3.63) is 57.8 Å². The van der Waals surface area contributed by atoms with Crippen LogP contribution in [0.1, 0.15) is 36.6 Å². The number of H-pyrrole nitrogens is 1. The second-order valence-electron chi connectivity index (χ2n) is 8.35. The first-order valence-corrected chi connectivity index (χ1v) is 10.4. The molecule has 0 unspecified atom stereocenters. The number of nitrogens with one attached hydrogen (secondary N) is 1. The first-order chi connectivity index (χ1) is 14.2. The van der Waals surface area contributed by atoms with Gasteiger partial charge in [-0.1, -0.05) is 13.0 Å². The van der Waals surface area contributed by atoms with Crippen LogP contribution in [0, 0.1) is 5.92 Å². The van der Waals surface area contributed by atoms with E-state index < -0.39 is 0 Å². The summed E-state index contributed by atoms with van der Waals surface area (Å²) in [5.41, 5.74) is 4.83. The Bertz CT molecular complexity index is 1090. The lowest BCUT2D eigenvalue weighted by atomic mass is 10.0. The highest BCUT2D eigenvalue weighted by Gasteiger charge is 2.24. The molecule has 1 atom stereocenters. The average molecular weight is 390 g/mol. The van der Waals surface area contributed by atoms with E-state index in [4.69, 9.17) is 4.98 Å². The molecule has 1 aromatic carbocycles. The summed E-state index contributed by atoms with van der Waals surface area (Å²) < 4.78 is 0. The SMILES string of the molecule is C[C@H]1CCCN(c2nc3c(c(=O)[nH]2)CCN(Cc2ccc4nccnc4c2)C3)C1. The minimum Gasteiger partial charge on any atom is -0.342 e. The molecule has 0 bridgehead atoms. The Morgan fingerprint density at radius 2 is 2.03 bits per heavy atom. The number of nitrogens with zero attached hydrogens (tertiary/aromatic N) is 5. The van der Waals surface area contributed by atoms with Crippen molar-refractivity contribution in [3.63, 3.8) is 0 Å². The zero-order valence-corrected chi connectivity index (χ0v) is 16.8. The lowest BCUT2D eigenvalue weighted by Crippen LogP contribution is -2.39. The third kappa shape index (κ3) is 3.74. The van der Waals surface area contributed by atoms with Gasteiger partial charge in [0.25, 0.3) is 5.56 Å². The Labute approximate surface area is 169 Å². The highest BCUT2D eigenvalue weighted by molar-refractivity contribution is 5.74. The van der Waals surface area contributed by atoms with Crippen LogP contribution in [0.5, 0.6) is 0 Å². The van der Waals surface area contributed by atoms with Crippen LogP contribution < -0.4 is 10.5 Å². The summed E-state index contributed by atoms with van der Waals surface area (Å²) >= 11 is 0. The number of aromatic amines is 1. The summed E-state index contributed by atoms with van der Waals surface area (Å²) in [6.45, 7) is 6.57. The molecule has 5 rings (SSSR count). The summed E-state index contributed by atoms with van der Waals surface area (Å²) in [6.07, 6.45) is 6.58. The maximum Gasteiger partial charge on any atom is 0.255 e. The van der Waals surface area contributed by atoms with Crippen molar-refractivity contribution >= 4 is 17.0 Å². The Morgan fingerprint density at radius 3 is 2.90 bits per heavy atom. The molecule has 0 saturated carbocycles. The van der Waals surface area contributed by atoms with Gasteiger partial charge in [0.05, 0.1) is 16.7 Å². The lowest BCUT2D eigenvalue weighted by Gasteiger charge is -2.33. The number of hydrogen-bond donors (Lipinski definition) is 1. The number of hydrogen-bond acceptors (Lipinski definition) is 6. The van der Waals surface area contributed by atoms with Gasteiger partial charge >= 0.3 is 0 Å². The maximum absolute atomic E-state index is 12.7. The molecule has 0 aliphatic carbocycles. The van der Waals surface area contributed by atoms with Crippen molar-refractivity contribution in [1.29, 1.82) is 0 Å². The highest BCUT2D eigenvalue weighted by Crippen LogP contribution is 2.23. The van der Waals surface area contributed by atoms with Crippen molar-refractivity contribution in [2.24, 2.45) is 5.92 Å². The highest BCUT2D eigenvalue weighted by atomic mass is 16.1. The van der Waals surface area contributed by atoms with Crippen LogP contribution in [0.2, 0.25) is 0 Å². The third-order valence-corrected chi connectivity index (χ3v) is 6.04. The summed E-state index contributed by atoms with van der Waals surface area (Å²) in [4.78, 5) is 33.9. The molecule has 7 heteroatoms. The van der Waals surface area contributed by atoms with Crippen molar-refractivity contribution in [1.82, 2.24) is 24.8 Å². The van der Waals surface area contributed by atoms with Crippen LogP contribution in [0.4, 0.5) is 5.95 Å². The quantitative estimate of drug-likeness (QED) is 0.740. The fourth-order valence-electron chi connectivity index (χ4n) is 4.51. The molecule has 7 nitrogen and oxygen atoms in total. The molecule has 0 spiro atoms. The normalized spacial score (nSPS) is 20.0. The van der Waals surface area contributed by atoms with Gasteiger partial charge in [-0.25, -0.2) is 4.98 Å². The van der Waals surface area contributed by atoms with E-state index in [9.17, 15) is 4.79 Å². The molecule has 0 radical (unpaired) electrons. The Kier molecular flexibility index (Phi) is 4.75. The predicted molar refractivity (Wildman–Crippen MR) is 113 cm³/mol. The van der Waals surface area contributed by atoms with Crippen LogP contribution in [0.15, 0.2) is 35.4 Å². The van der Waals surface area contributed by atoms with Crippen LogP contribution >= 0.6 is 0 Å². The van der Waals surface area contributed by atoms with Crippen molar-refractivity contribution in [3.8, 4) is 0 Å². The van der Waals surface area contributed by atoms with Crippen LogP contribution in [-0.2, 0) is 19.5 Å². The molecular formula is C22H26N6O. The summed E-state index contributed by atoms with van der Waals surface area (Å²) in [6, 6.07) is 6.23. The lowest BCUT2D eigenvalue weighted by molar-refractivity contribution is 0.240. The molecule has 3 aromatic rings. The van der Waals surface area contributed by atoms with Crippen molar-refractivity contribution in [2.75, 3.05) is 24.5 Å². The van der Waals surface area contributed by atoms with Crippen LogP contribution in [0.25, 0.3) is 11.0 Å². The van der Waals surface area contributed by atoms with Gasteiger partial charge in [-0.3, -0.25) is 24.6 Å². The van der Waals surface area contributed by atoms with Gasteiger partial charge in [-0.2, -0.15) is 0 Å². The largest absolute Gasteiger partial charge is 0.342 e. The Balaban J connectivity index is 1.37. The molecule has 29 heavy (non-hydrogen) atoms. The standard InChI is InChI=1S/C22H26N6O/c1-15-3-2-9-28(12-15)22-25-20-14-27(10-6-17(20)21(29)26-22)13-16-4-5-18-19(11-16)24-8-7-23-18/h4-5,7-8,11,15H,2-3,6,9-10,12-14H2,1H3,(H,25,26,29)/t15-/m0/s1. The second-order valence-corrected chi connectivity index (χ2v) is 8.35. The number of fused-ring (bicyclic) bond motifs is 2. The monoisotopic (exact) mass is 390 g/mol. The summed E-state index contributed by atoms with van der Waals surface area (Å²) in [7, 11) is 0. The second kappa shape index (κ2) is 7.55. The minimum absolute atomic E-state index is 0.0313. The van der Waals surface area contributed by atoms with E-state index in [1.165, 1.54) is 12.0 Å². The molecule has 1 fully saturated rings. The molecule has 4 heterocycles.